The van der Waals surface area contributed by atoms with Gasteiger partial charge in [-0.1, -0.05) is 37.3 Å². The Labute approximate surface area is 84.3 Å². The molecule has 76 valence electrons. The monoisotopic (exact) mass is 192 g/mol. The maximum absolute atomic E-state index is 11.2. The molecule has 0 fully saturated rings. The van der Waals surface area contributed by atoms with Gasteiger partial charge in [-0.05, 0) is 18.5 Å². The fourth-order valence-electron chi connectivity index (χ4n) is 1.32. The molecule has 0 saturated carbocycles. The van der Waals surface area contributed by atoms with Gasteiger partial charge in [0.2, 0.25) is 5.91 Å². The Balaban J connectivity index is 2.73. The second-order valence-corrected chi connectivity index (χ2v) is 3.20. The second kappa shape index (κ2) is 5.40. The largest absolute Gasteiger partial charge is 0.368 e. The van der Waals surface area contributed by atoms with Crippen molar-refractivity contribution in [3.63, 3.8) is 0 Å². The van der Waals surface area contributed by atoms with Crippen LogP contribution in [0.25, 0.3) is 0 Å². The number of nitrogens with two attached hydrogens (primary N) is 1. The Morgan fingerprint density at radius 1 is 1.43 bits per heavy atom. The van der Waals surface area contributed by atoms with Crippen LogP contribution in [0.3, 0.4) is 0 Å². The van der Waals surface area contributed by atoms with Crippen molar-refractivity contribution in [1.82, 2.24) is 5.32 Å². The summed E-state index contributed by atoms with van der Waals surface area (Å²) in [6.45, 7) is 2.85. The molecular weight excluding hydrogens is 176 g/mol. The van der Waals surface area contributed by atoms with Crippen molar-refractivity contribution in [3.8, 4) is 0 Å². The van der Waals surface area contributed by atoms with Crippen molar-refractivity contribution >= 4 is 5.91 Å². The molecule has 1 rings (SSSR count). The summed E-state index contributed by atoms with van der Waals surface area (Å²) in [7, 11) is 0. The zero-order chi connectivity index (χ0) is 10.4. The predicted octanol–water partition coefficient (Wildman–Crippen LogP) is 1.21. The third-order valence-electron chi connectivity index (χ3n) is 2.02. The Kier molecular flexibility index (Phi) is 4.13. The average Bonchev–Trinajstić information content (AvgIpc) is 2.19. The minimum atomic E-state index is -0.365. The first-order valence-electron chi connectivity index (χ1n) is 4.83. The molecule has 3 heteroatoms. The number of carbonyl (C=O) groups excluding carboxylic acids is 1. The fourth-order valence-corrected chi connectivity index (χ4v) is 1.32. The SMILES string of the molecule is CCCNC(C(N)=O)c1ccccc1. The number of carbonyl (C=O) groups is 1. The third-order valence-corrected chi connectivity index (χ3v) is 2.02. The molecule has 0 radical (unpaired) electrons. The summed E-state index contributed by atoms with van der Waals surface area (Å²) in [6, 6.07) is 9.16. The fraction of sp³-hybridized carbons (Fsp3) is 0.364. The lowest BCUT2D eigenvalue weighted by Crippen LogP contribution is -2.33. The molecule has 0 heterocycles. The summed E-state index contributed by atoms with van der Waals surface area (Å²) in [4.78, 5) is 11.2. The lowest BCUT2D eigenvalue weighted by atomic mass is 10.1. The van der Waals surface area contributed by atoms with Gasteiger partial charge in [-0.15, -0.1) is 0 Å². The molecule has 0 bridgehead atoms. The minimum absolute atomic E-state index is 0.329. The molecule has 1 aromatic carbocycles. The summed E-state index contributed by atoms with van der Waals surface area (Å²) in [5.74, 6) is -0.329. The molecule has 1 atom stereocenters. The molecule has 1 aromatic rings. The molecule has 0 aliphatic carbocycles. The standard InChI is InChI=1S/C11H16N2O/c1-2-8-13-10(11(12)14)9-6-4-3-5-7-9/h3-7,10,13H,2,8H2,1H3,(H2,12,14). The lowest BCUT2D eigenvalue weighted by Gasteiger charge is -2.14. The van der Waals surface area contributed by atoms with E-state index in [0.29, 0.717) is 0 Å². The molecule has 0 aliphatic rings. The smallest absolute Gasteiger partial charge is 0.239 e. The molecule has 14 heavy (non-hydrogen) atoms. The lowest BCUT2D eigenvalue weighted by molar-refractivity contribution is -0.120. The average molecular weight is 192 g/mol. The van der Waals surface area contributed by atoms with Crippen LogP contribution in [-0.2, 0) is 4.79 Å². The van der Waals surface area contributed by atoms with Crippen LogP contribution in [0.15, 0.2) is 30.3 Å². The van der Waals surface area contributed by atoms with E-state index in [9.17, 15) is 4.79 Å². The van der Waals surface area contributed by atoms with E-state index in [-0.39, 0.29) is 11.9 Å². The topological polar surface area (TPSA) is 55.1 Å². The van der Waals surface area contributed by atoms with Crippen LogP contribution < -0.4 is 11.1 Å². The Morgan fingerprint density at radius 2 is 2.07 bits per heavy atom. The van der Waals surface area contributed by atoms with Gasteiger partial charge in [0.25, 0.3) is 0 Å². The van der Waals surface area contributed by atoms with Crippen LogP contribution in [-0.4, -0.2) is 12.5 Å². The summed E-state index contributed by atoms with van der Waals surface area (Å²) in [6.07, 6.45) is 0.983. The molecule has 0 aromatic heterocycles. The highest BCUT2D eigenvalue weighted by Gasteiger charge is 2.15. The van der Waals surface area contributed by atoms with Gasteiger partial charge in [-0.3, -0.25) is 4.79 Å². The Bertz CT molecular complexity index is 285. The van der Waals surface area contributed by atoms with Crippen LogP contribution >= 0.6 is 0 Å². The highest BCUT2D eigenvalue weighted by molar-refractivity contribution is 5.81. The van der Waals surface area contributed by atoms with E-state index in [1.807, 2.05) is 30.3 Å². The van der Waals surface area contributed by atoms with Gasteiger partial charge in [0.15, 0.2) is 0 Å². The first-order chi connectivity index (χ1) is 6.75. The first-order valence-corrected chi connectivity index (χ1v) is 4.83. The van der Waals surface area contributed by atoms with E-state index >= 15 is 0 Å². The quantitative estimate of drug-likeness (QED) is 0.736. The summed E-state index contributed by atoms with van der Waals surface area (Å²) >= 11 is 0. The molecule has 1 amide bonds. The van der Waals surface area contributed by atoms with Gasteiger partial charge in [-0.2, -0.15) is 0 Å². The number of amides is 1. The summed E-state index contributed by atoms with van der Waals surface area (Å²) in [5.41, 5.74) is 6.23. The molecule has 3 nitrogen and oxygen atoms in total. The zero-order valence-electron chi connectivity index (χ0n) is 8.36. The van der Waals surface area contributed by atoms with Crippen LogP contribution in [0.1, 0.15) is 24.9 Å². The predicted molar refractivity (Wildman–Crippen MR) is 56.7 cm³/mol. The van der Waals surface area contributed by atoms with Crippen molar-refractivity contribution in [1.29, 1.82) is 0 Å². The van der Waals surface area contributed by atoms with E-state index in [2.05, 4.69) is 12.2 Å². The number of primary amides is 1. The maximum atomic E-state index is 11.2. The van der Waals surface area contributed by atoms with E-state index in [0.717, 1.165) is 18.5 Å². The highest BCUT2D eigenvalue weighted by Crippen LogP contribution is 2.11. The van der Waals surface area contributed by atoms with Gasteiger partial charge in [-0.25, -0.2) is 0 Å². The van der Waals surface area contributed by atoms with Gasteiger partial charge in [0.05, 0.1) is 0 Å². The van der Waals surface area contributed by atoms with Crippen molar-refractivity contribution < 1.29 is 4.79 Å². The van der Waals surface area contributed by atoms with Crippen LogP contribution in [0, 0.1) is 0 Å². The normalized spacial score (nSPS) is 12.4. The van der Waals surface area contributed by atoms with Gasteiger partial charge >= 0.3 is 0 Å². The summed E-state index contributed by atoms with van der Waals surface area (Å²) < 4.78 is 0. The zero-order valence-corrected chi connectivity index (χ0v) is 8.36. The van der Waals surface area contributed by atoms with E-state index in [1.165, 1.54) is 0 Å². The molecule has 0 spiro atoms. The third kappa shape index (κ3) is 2.85. The van der Waals surface area contributed by atoms with Crippen LogP contribution in [0.2, 0.25) is 0 Å². The van der Waals surface area contributed by atoms with Gasteiger partial charge < -0.3 is 11.1 Å². The maximum Gasteiger partial charge on any atom is 0.239 e. The van der Waals surface area contributed by atoms with Crippen LogP contribution in [0.5, 0.6) is 0 Å². The van der Waals surface area contributed by atoms with E-state index < -0.39 is 0 Å². The molecular formula is C11H16N2O. The van der Waals surface area contributed by atoms with Crippen molar-refractivity contribution in [2.75, 3.05) is 6.54 Å². The van der Waals surface area contributed by atoms with Crippen LogP contribution in [0.4, 0.5) is 0 Å². The number of hydrogen-bond acceptors (Lipinski definition) is 2. The van der Waals surface area contributed by atoms with Crippen molar-refractivity contribution in [2.45, 2.75) is 19.4 Å². The number of hydrogen-bond donors (Lipinski definition) is 2. The second-order valence-electron chi connectivity index (χ2n) is 3.20. The van der Waals surface area contributed by atoms with Crippen molar-refractivity contribution in [2.24, 2.45) is 5.73 Å². The molecule has 1 unspecified atom stereocenters. The number of nitrogens with one attached hydrogen (secondary N) is 1. The van der Waals surface area contributed by atoms with E-state index in [1.54, 1.807) is 0 Å². The van der Waals surface area contributed by atoms with Gasteiger partial charge in [0.1, 0.15) is 6.04 Å². The highest BCUT2D eigenvalue weighted by atomic mass is 16.1. The number of rotatable bonds is 5. The Hall–Kier alpha value is -1.35. The first kappa shape index (κ1) is 10.7. The molecule has 3 N–H and O–H groups in total. The minimum Gasteiger partial charge on any atom is -0.368 e. The number of benzene rings is 1. The van der Waals surface area contributed by atoms with E-state index in [4.69, 9.17) is 5.73 Å². The van der Waals surface area contributed by atoms with Crippen molar-refractivity contribution in [3.05, 3.63) is 35.9 Å². The van der Waals surface area contributed by atoms with Gasteiger partial charge in [0, 0.05) is 0 Å². The molecule has 0 saturated heterocycles. The Morgan fingerprint density at radius 3 is 2.57 bits per heavy atom. The summed E-state index contributed by atoms with van der Waals surface area (Å²) in [5, 5.41) is 3.11. The molecule has 0 aliphatic heterocycles.